The van der Waals surface area contributed by atoms with Gasteiger partial charge in [0.2, 0.25) is 5.91 Å². The van der Waals surface area contributed by atoms with E-state index in [2.05, 4.69) is 11.9 Å². The molecule has 1 amide bonds. The predicted octanol–water partition coefficient (Wildman–Crippen LogP) is -0.241. The van der Waals surface area contributed by atoms with E-state index in [1.54, 1.807) is 6.08 Å². The smallest absolute Gasteiger partial charge is 0.237 e. The summed E-state index contributed by atoms with van der Waals surface area (Å²) in [4.78, 5) is 13.8. The summed E-state index contributed by atoms with van der Waals surface area (Å²) >= 11 is 0. The van der Waals surface area contributed by atoms with Crippen molar-refractivity contribution >= 4 is 5.91 Å². The van der Waals surface area contributed by atoms with E-state index in [0.717, 1.165) is 0 Å². The lowest BCUT2D eigenvalue weighted by atomic mass is 10.1. The number of nitrogens with zero attached hydrogens (tertiary/aromatic N) is 1. The van der Waals surface area contributed by atoms with Crippen molar-refractivity contribution in [3.05, 3.63) is 12.7 Å². The van der Waals surface area contributed by atoms with Crippen LogP contribution in [0.2, 0.25) is 0 Å². The Labute approximate surface area is 102 Å². The first-order chi connectivity index (χ1) is 8.08. The van der Waals surface area contributed by atoms with Crippen molar-refractivity contribution in [2.24, 2.45) is 0 Å². The quantitative estimate of drug-likeness (QED) is 0.653. The standard InChI is InChI=1S/C12H22N2O3/c1-4-5-13-12(16)10(3)14-6-9(2)17-11(7-14)8-15/h4,9-11,15H,1,5-8H2,2-3H3,(H,13,16). The SMILES string of the molecule is C=CCNC(=O)C(C)N1CC(C)OC(CO)C1. The van der Waals surface area contributed by atoms with E-state index in [-0.39, 0.29) is 30.8 Å². The van der Waals surface area contributed by atoms with Crippen molar-refractivity contribution < 1.29 is 14.6 Å². The normalized spacial score (nSPS) is 27.5. The van der Waals surface area contributed by atoms with Crippen LogP contribution >= 0.6 is 0 Å². The fraction of sp³-hybridized carbons (Fsp3) is 0.750. The molecule has 0 aromatic rings. The van der Waals surface area contributed by atoms with Crippen LogP contribution in [-0.2, 0) is 9.53 Å². The minimum atomic E-state index is -0.213. The predicted molar refractivity (Wildman–Crippen MR) is 65.7 cm³/mol. The number of aliphatic hydroxyl groups is 1. The molecular formula is C12H22N2O3. The molecular weight excluding hydrogens is 220 g/mol. The number of carbonyl (C=O) groups is 1. The summed E-state index contributed by atoms with van der Waals surface area (Å²) in [5, 5.41) is 11.9. The number of aliphatic hydroxyl groups excluding tert-OH is 1. The molecule has 1 rings (SSSR count). The molecule has 5 heteroatoms. The molecule has 2 N–H and O–H groups in total. The first kappa shape index (κ1) is 14.2. The largest absolute Gasteiger partial charge is 0.394 e. The summed E-state index contributed by atoms with van der Waals surface area (Å²) in [6, 6.07) is -0.213. The third-order valence-corrected chi connectivity index (χ3v) is 2.91. The maximum absolute atomic E-state index is 11.8. The molecule has 0 bridgehead atoms. The van der Waals surface area contributed by atoms with Gasteiger partial charge >= 0.3 is 0 Å². The lowest BCUT2D eigenvalue weighted by Crippen LogP contribution is -2.55. The second kappa shape index (κ2) is 6.74. The molecule has 1 fully saturated rings. The van der Waals surface area contributed by atoms with E-state index in [9.17, 15) is 4.79 Å². The van der Waals surface area contributed by atoms with Gasteiger partial charge in [-0.05, 0) is 13.8 Å². The number of ether oxygens (including phenoxy) is 1. The molecule has 3 atom stereocenters. The van der Waals surface area contributed by atoms with E-state index >= 15 is 0 Å². The lowest BCUT2D eigenvalue weighted by molar-refractivity contribution is -0.135. The number of hydrogen-bond donors (Lipinski definition) is 2. The Balaban J connectivity index is 2.52. The average Bonchev–Trinajstić information content (AvgIpc) is 2.34. The first-order valence-corrected chi connectivity index (χ1v) is 5.97. The van der Waals surface area contributed by atoms with Crippen molar-refractivity contribution in [2.75, 3.05) is 26.2 Å². The molecule has 0 aromatic carbocycles. The average molecular weight is 242 g/mol. The molecule has 1 aliphatic rings. The second-order valence-electron chi connectivity index (χ2n) is 4.41. The molecule has 1 heterocycles. The van der Waals surface area contributed by atoms with Crippen LogP contribution in [0.4, 0.5) is 0 Å². The zero-order chi connectivity index (χ0) is 12.8. The van der Waals surface area contributed by atoms with Crippen molar-refractivity contribution in [3.63, 3.8) is 0 Å². The van der Waals surface area contributed by atoms with Crippen LogP contribution in [0.1, 0.15) is 13.8 Å². The maximum atomic E-state index is 11.8. The molecule has 0 radical (unpaired) electrons. The van der Waals surface area contributed by atoms with Gasteiger partial charge in [-0.2, -0.15) is 0 Å². The molecule has 0 aromatic heterocycles. The van der Waals surface area contributed by atoms with E-state index in [1.807, 2.05) is 18.7 Å². The summed E-state index contributed by atoms with van der Waals surface area (Å²) in [6.07, 6.45) is 1.49. The molecule has 0 saturated carbocycles. The van der Waals surface area contributed by atoms with Gasteiger partial charge in [0.1, 0.15) is 0 Å². The third-order valence-electron chi connectivity index (χ3n) is 2.91. The Morgan fingerprint density at radius 2 is 2.41 bits per heavy atom. The molecule has 0 aliphatic carbocycles. The summed E-state index contributed by atoms with van der Waals surface area (Å²) in [5.74, 6) is -0.0179. The highest BCUT2D eigenvalue weighted by atomic mass is 16.5. The Morgan fingerprint density at radius 3 is 3.00 bits per heavy atom. The number of nitrogens with one attached hydrogen (secondary N) is 1. The number of rotatable bonds is 5. The van der Waals surface area contributed by atoms with E-state index in [4.69, 9.17) is 9.84 Å². The van der Waals surface area contributed by atoms with Gasteiger partial charge in [0.05, 0.1) is 24.9 Å². The van der Waals surface area contributed by atoms with Crippen molar-refractivity contribution in [1.82, 2.24) is 10.2 Å². The van der Waals surface area contributed by atoms with Crippen LogP contribution in [0.25, 0.3) is 0 Å². The lowest BCUT2D eigenvalue weighted by Gasteiger charge is -2.38. The molecule has 0 spiro atoms. The zero-order valence-electron chi connectivity index (χ0n) is 10.6. The van der Waals surface area contributed by atoms with Crippen LogP contribution in [-0.4, -0.2) is 60.4 Å². The van der Waals surface area contributed by atoms with Crippen molar-refractivity contribution in [2.45, 2.75) is 32.1 Å². The molecule has 17 heavy (non-hydrogen) atoms. The van der Waals surface area contributed by atoms with Crippen LogP contribution in [0.15, 0.2) is 12.7 Å². The van der Waals surface area contributed by atoms with Gasteiger partial charge in [-0.25, -0.2) is 0 Å². The van der Waals surface area contributed by atoms with Gasteiger partial charge in [0, 0.05) is 19.6 Å². The molecule has 5 nitrogen and oxygen atoms in total. The van der Waals surface area contributed by atoms with Crippen LogP contribution < -0.4 is 5.32 Å². The summed E-state index contributed by atoms with van der Waals surface area (Å²) in [6.45, 7) is 9.13. The Morgan fingerprint density at radius 1 is 1.71 bits per heavy atom. The summed E-state index contributed by atoms with van der Waals surface area (Å²) in [7, 11) is 0. The second-order valence-corrected chi connectivity index (χ2v) is 4.41. The zero-order valence-corrected chi connectivity index (χ0v) is 10.6. The highest BCUT2D eigenvalue weighted by Crippen LogP contribution is 2.13. The highest BCUT2D eigenvalue weighted by molar-refractivity contribution is 5.81. The Kier molecular flexibility index (Phi) is 5.61. The van der Waals surface area contributed by atoms with Crippen LogP contribution in [0.5, 0.6) is 0 Å². The minimum absolute atomic E-state index is 0.0121. The monoisotopic (exact) mass is 242 g/mol. The van der Waals surface area contributed by atoms with E-state index < -0.39 is 0 Å². The third kappa shape index (κ3) is 4.11. The van der Waals surface area contributed by atoms with Gasteiger partial charge in [0.15, 0.2) is 0 Å². The van der Waals surface area contributed by atoms with Crippen LogP contribution in [0.3, 0.4) is 0 Å². The number of morpholine rings is 1. The van der Waals surface area contributed by atoms with Crippen molar-refractivity contribution in [3.8, 4) is 0 Å². The Bertz CT molecular complexity index is 270. The van der Waals surface area contributed by atoms with E-state index in [1.165, 1.54) is 0 Å². The van der Waals surface area contributed by atoms with Gasteiger partial charge in [-0.15, -0.1) is 6.58 Å². The minimum Gasteiger partial charge on any atom is -0.394 e. The molecule has 3 unspecified atom stereocenters. The van der Waals surface area contributed by atoms with Gasteiger partial charge in [0.25, 0.3) is 0 Å². The number of hydrogen-bond acceptors (Lipinski definition) is 4. The van der Waals surface area contributed by atoms with Gasteiger partial charge in [-0.1, -0.05) is 6.08 Å². The molecule has 98 valence electrons. The van der Waals surface area contributed by atoms with Crippen molar-refractivity contribution in [1.29, 1.82) is 0 Å². The number of carbonyl (C=O) groups excluding carboxylic acids is 1. The molecule has 1 aliphatic heterocycles. The fourth-order valence-electron chi connectivity index (χ4n) is 1.98. The van der Waals surface area contributed by atoms with Crippen LogP contribution in [0, 0.1) is 0 Å². The Hall–Kier alpha value is -0.910. The van der Waals surface area contributed by atoms with Gasteiger partial charge < -0.3 is 15.2 Å². The first-order valence-electron chi connectivity index (χ1n) is 5.97. The summed E-state index contributed by atoms with van der Waals surface area (Å²) in [5.41, 5.74) is 0. The fourth-order valence-corrected chi connectivity index (χ4v) is 1.98. The topological polar surface area (TPSA) is 61.8 Å². The maximum Gasteiger partial charge on any atom is 0.237 e. The van der Waals surface area contributed by atoms with E-state index in [0.29, 0.717) is 19.6 Å². The summed E-state index contributed by atoms with van der Waals surface area (Å²) < 4.78 is 5.54. The molecule has 1 saturated heterocycles. The van der Waals surface area contributed by atoms with Gasteiger partial charge in [-0.3, -0.25) is 9.69 Å². The highest BCUT2D eigenvalue weighted by Gasteiger charge is 2.30. The number of amides is 1.